The van der Waals surface area contributed by atoms with Gasteiger partial charge in [-0.25, -0.2) is 4.98 Å². The van der Waals surface area contributed by atoms with Gasteiger partial charge in [-0.3, -0.25) is 14.6 Å². The van der Waals surface area contributed by atoms with Gasteiger partial charge in [-0.05, 0) is 78.1 Å². The van der Waals surface area contributed by atoms with Crippen molar-refractivity contribution in [3.8, 4) is 33.8 Å². The second kappa shape index (κ2) is 16.6. The first-order chi connectivity index (χ1) is 23.9. The summed E-state index contributed by atoms with van der Waals surface area (Å²) in [6, 6.07) is 31.1. The van der Waals surface area contributed by atoms with E-state index >= 15 is 0 Å². The number of carbonyl (C=O) groups is 2. The zero-order valence-electron chi connectivity index (χ0n) is 27.9. The summed E-state index contributed by atoms with van der Waals surface area (Å²) in [7, 11) is 3.26. The Kier molecular flexibility index (Phi) is 11.8. The third-order valence-corrected chi connectivity index (χ3v) is 8.09. The van der Waals surface area contributed by atoms with Gasteiger partial charge in [0.1, 0.15) is 16.7 Å². The second-order valence-electron chi connectivity index (χ2n) is 10.9. The highest BCUT2D eigenvalue weighted by Gasteiger charge is 2.19. The zero-order chi connectivity index (χ0) is 34.8. The topological polar surface area (TPSA) is 96.8 Å². The Balaban J connectivity index is 0.000000191. The molecule has 0 saturated carbocycles. The molecule has 0 saturated heterocycles. The summed E-state index contributed by atoms with van der Waals surface area (Å²) in [6.07, 6.45) is 2.02. The zero-order valence-corrected chi connectivity index (χ0v) is 28.6. The predicted molar refractivity (Wildman–Crippen MR) is 193 cm³/mol. The third-order valence-electron chi connectivity index (χ3n) is 7.78. The molecule has 0 radical (unpaired) electrons. The molecule has 6 aromatic rings. The number of pyridine rings is 2. The van der Waals surface area contributed by atoms with E-state index in [4.69, 9.17) is 30.5 Å². The van der Waals surface area contributed by atoms with Crippen LogP contribution in [-0.2, 0) is 31.9 Å². The van der Waals surface area contributed by atoms with Gasteiger partial charge in [-0.2, -0.15) is 0 Å². The van der Waals surface area contributed by atoms with E-state index in [-0.39, 0.29) is 24.8 Å². The molecule has 6 rings (SSSR count). The highest BCUT2D eigenvalue weighted by molar-refractivity contribution is 6.31. The first-order valence-corrected chi connectivity index (χ1v) is 16.3. The number of esters is 2. The Morgan fingerprint density at radius 1 is 0.653 bits per heavy atom. The SMILES string of the molecule is CCOC(=O)Cc1c(Cl)nc2ccccc2c1-c1cccc(OC)c1.CCOC(=O)Cc1cnc2ccccc2c1-c1cccc(OC)c1. The number of rotatable bonds is 10. The number of carbonyl (C=O) groups excluding carboxylic acids is 2. The van der Waals surface area contributed by atoms with Crippen molar-refractivity contribution in [2.45, 2.75) is 26.7 Å². The maximum atomic E-state index is 12.1. The van der Waals surface area contributed by atoms with E-state index in [1.54, 1.807) is 34.3 Å². The number of methoxy groups -OCH3 is 2. The Morgan fingerprint density at radius 2 is 1.18 bits per heavy atom. The number of hydrogen-bond donors (Lipinski definition) is 0. The number of aromatic nitrogens is 2. The minimum absolute atomic E-state index is 0.0665. The standard InChI is InChI=1S/C20H18ClNO3.C20H19NO3/c1-3-25-18(23)12-16-19(13-7-6-8-14(11-13)24-2)15-9-4-5-10-17(15)22-20(16)21;1-3-24-19(22)12-15-13-21-18-10-5-4-9-17(18)20(15)14-7-6-8-16(11-14)23-2/h4-11H,3,12H2,1-2H3;4-11,13H,3,12H2,1-2H3. The summed E-state index contributed by atoms with van der Waals surface area (Å²) in [5, 5.41) is 2.25. The molecule has 2 heterocycles. The first-order valence-electron chi connectivity index (χ1n) is 15.9. The molecule has 2 aromatic heterocycles. The van der Waals surface area contributed by atoms with Gasteiger partial charge >= 0.3 is 11.9 Å². The highest BCUT2D eigenvalue weighted by Crippen LogP contribution is 2.37. The molecule has 0 aliphatic heterocycles. The summed E-state index contributed by atoms with van der Waals surface area (Å²) in [6.45, 7) is 4.28. The van der Waals surface area contributed by atoms with Crippen molar-refractivity contribution in [3.05, 3.63) is 120 Å². The van der Waals surface area contributed by atoms with Crippen molar-refractivity contribution in [3.63, 3.8) is 0 Å². The van der Waals surface area contributed by atoms with E-state index in [0.717, 1.165) is 61.1 Å². The van der Waals surface area contributed by atoms with Crippen LogP contribution in [0.15, 0.2) is 103 Å². The number of hydrogen-bond acceptors (Lipinski definition) is 8. The Hall–Kier alpha value is -5.47. The lowest BCUT2D eigenvalue weighted by atomic mass is 9.94. The monoisotopic (exact) mass is 676 g/mol. The maximum absolute atomic E-state index is 12.1. The Bertz CT molecular complexity index is 2100. The third kappa shape index (κ3) is 8.34. The lowest BCUT2D eigenvalue weighted by Crippen LogP contribution is -2.10. The van der Waals surface area contributed by atoms with E-state index in [0.29, 0.717) is 23.9 Å². The first kappa shape index (κ1) is 34.9. The van der Waals surface area contributed by atoms with Crippen LogP contribution in [0.3, 0.4) is 0 Å². The Labute approximate surface area is 290 Å². The lowest BCUT2D eigenvalue weighted by Gasteiger charge is -2.15. The van der Waals surface area contributed by atoms with Gasteiger partial charge in [0.15, 0.2) is 0 Å². The van der Waals surface area contributed by atoms with Gasteiger partial charge < -0.3 is 18.9 Å². The second-order valence-corrected chi connectivity index (χ2v) is 11.2. The van der Waals surface area contributed by atoms with E-state index < -0.39 is 0 Å². The van der Waals surface area contributed by atoms with E-state index in [1.807, 2.05) is 97.1 Å². The molecule has 0 fully saturated rings. The van der Waals surface area contributed by atoms with Gasteiger partial charge in [-0.15, -0.1) is 0 Å². The summed E-state index contributed by atoms with van der Waals surface area (Å²) in [4.78, 5) is 33.0. The van der Waals surface area contributed by atoms with Crippen molar-refractivity contribution in [1.82, 2.24) is 9.97 Å². The predicted octanol–water partition coefficient (Wildman–Crippen LogP) is 8.69. The van der Waals surface area contributed by atoms with Crippen molar-refractivity contribution < 1.29 is 28.5 Å². The van der Waals surface area contributed by atoms with Gasteiger partial charge in [-0.1, -0.05) is 72.3 Å². The molecule has 0 amide bonds. The van der Waals surface area contributed by atoms with Gasteiger partial charge in [0, 0.05) is 22.5 Å². The molecule has 4 aromatic carbocycles. The number of fused-ring (bicyclic) bond motifs is 2. The molecule has 0 spiro atoms. The number of benzene rings is 4. The van der Waals surface area contributed by atoms with E-state index in [9.17, 15) is 9.59 Å². The molecule has 0 bridgehead atoms. The average Bonchev–Trinajstić information content (AvgIpc) is 3.12. The molecule has 0 N–H and O–H groups in total. The van der Waals surface area contributed by atoms with Crippen LogP contribution in [0.5, 0.6) is 11.5 Å². The fourth-order valence-electron chi connectivity index (χ4n) is 5.65. The molecule has 0 atom stereocenters. The van der Waals surface area contributed by atoms with Gasteiger partial charge in [0.25, 0.3) is 0 Å². The van der Waals surface area contributed by atoms with E-state index in [1.165, 1.54) is 0 Å². The molecule has 8 nitrogen and oxygen atoms in total. The fraction of sp³-hybridized carbons (Fsp3) is 0.200. The average molecular weight is 677 g/mol. The van der Waals surface area contributed by atoms with Crippen LogP contribution >= 0.6 is 11.6 Å². The van der Waals surface area contributed by atoms with Crippen molar-refractivity contribution in [2.75, 3.05) is 27.4 Å². The van der Waals surface area contributed by atoms with Gasteiger partial charge in [0.05, 0.1) is 51.3 Å². The van der Waals surface area contributed by atoms with E-state index in [2.05, 4.69) is 9.97 Å². The van der Waals surface area contributed by atoms with Crippen molar-refractivity contribution in [2.24, 2.45) is 0 Å². The number of nitrogens with zero attached hydrogens (tertiary/aromatic N) is 2. The largest absolute Gasteiger partial charge is 0.497 e. The van der Waals surface area contributed by atoms with Crippen LogP contribution in [-0.4, -0.2) is 49.3 Å². The summed E-state index contributed by atoms with van der Waals surface area (Å²) in [5.74, 6) is 0.927. The molecule has 49 heavy (non-hydrogen) atoms. The smallest absolute Gasteiger partial charge is 0.310 e. The van der Waals surface area contributed by atoms with Crippen LogP contribution < -0.4 is 9.47 Å². The van der Waals surface area contributed by atoms with Crippen LogP contribution in [0.2, 0.25) is 5.15 Å². The summed E-state index contributed by atoms with van der Waals surface area (Å²) < 4.78 is 20.9. The Morgan fingerprint density at radius 3 is 1.78 bits per heavy atom. The van der Waals surface area contributed by atoms with Crippen LogP contribution in [0, 0.1) is 0 Å². The van der Waals surface area contributed by atoms with Crippen molar-refractivity contribution in [1.29, 1.82) is 0 Å². The highest BCUT2D eigenvalue weighted by atomic mass is 35.5. The minimum atomic E-state index is -0.328. The van der Waals surface area contributed by atoms with Gasteiger partial charge in [0.2, 0.25) is 0 Å². The molecule has 0 aliphatic carbocycles. The van der Waals surface area contributed by atoms with Crippen LogP contribution in [0.4, 0.5) is 0 Å². The molecule has 0 aliphatic rings. The summed E-state index contributed by atoms with van der Waals surface area (Å²) in [5.41, 5.74) is 6.95. The maximum Gasteiger partial charge on any atom is 0.310 e. The minimum Gasteiger partial charge on any atom is -0.497 e. The normalized spacial score (nSPS) is 10.6. The fourth-order valence-corrected chi connectivity index (χ4v) is 5.90. The molecular formula is C40H37ClN2O6. The summed E-state index contributed by atoms with van der Waals surface area (Å²) >= 11 is 6.43. The number of halogens is 1. The van der Waals surface area contributed by atoms with Crippen molar-refractivity contribution >= 4 is 45.3 Å². The molecule has 9 heteroatoms. The lowest BCUT2D eigenvalue weighted by molar-refractivity contribution is -0.143. The van der Waals surface area contributed by atoms with Crippen LogP contribution in [0.1, 0.15) is 25.0 Å². The quantitative estimate of drug-likeness (QED) is 0.105. The number of para-hydroxylation sites is 2. The molecule has 250 valence electrons. The molecule has 0 unspecified atom stereocenters. The number of ether oxygens (including phenoxy) is 4. The molecular weight excluding hydrogens is 640 g/mol. The van der Waals surface area contributed by atoms with Crippen LogP contribution in [0.25, 0.3) is 44.1 Å².